The number of aromatic amines is 1. The Morgan fingerprint density at radius 3 is 2.46 bits per heavy atom. The van der Waals surface area contributed by atoms with Crippen molar-refractivity contribution in [3.05, 3.63) is 114 Å². The van der Waals surface area contributed by atoms with Gasteiger partial charge in [-0.05, 0) is 54.3 Å². The SMILES string of the molecule is Cl.N#Cc1ccc2c(c1)CC(N(CCc1ccccc1)S(=O)(=O)c1ccccc1)CN2Cc1c[nH]cn1. The summed E-state index contributed by atoms with van der Waals surface area (Å²) in [5.41, 5.74) is 4.49. The van der Waals surface area contributed by atoms with Crippen LogP contribution in [0.25, 0.3) is 0 Å². The van der Waals surface area contributed by atoms with E-state index in [9.17, 15) is 13.7 Å². The highest BCUT2D eigenvalue weighted by Crippen LogP contribution is 2.33. The molecule has 3 aromatic carbocycles. The fourth-order valence-corrected chi connectivity index (χ4v) is 6.46. The van der Waals surface area contributed by atoms with Crippen LogP contribution in [0.2, 0.25) is 0 Å². The Kier molecular flexibility index (Phi) is 8.29. The van der Waals surface area contributed by atoms with Gasteiger partial charge >= 0.3 is 0 Å². The average Bonchev–Trinajstić information content (AvgIpc) is 3.42. The van der Waals surface area contributed by atoms with Gasteiger partial charge in [0.15, 0.2) is 0 Å². The molecule has 2 heterocycles. The maximum Gasteiger partial charge on any atom is 0.243 e. The van der Waals surface area contributed by atoms with Crippen molar-refractivity contribution in [2.75, 3.05) is 18.0 Å². The fourth-order valence-electron chi connectivity index (χ4n) is 4.82. The number of anilines is 1. The summed E-state index contributed by atoms with van der Waals surface area (Å²) in [7, 11) is -3.75. The molecule has 0 spiro atoms. The highest BCUT2D eigenvalue weighted by atomic mass is 35.5. The summed E-state index contributed by atoms with van der Waals surface area (Å²) in [4.78, 5) is 9.82. The third-order valence-corrected chi connectivity index (χ3v) is 8.53. The number of nitrogens with zero attached hydrogens (tertiary/aromatic N) is 4. The number of nitrogens with one attached hydrogen (secondary N) is 1. The van der Waals surface area contributed by atoms with Gasteiger partial charge in [-0.25, -0.2) is 13.4 Å². The Morgan fingerprint density at radius 1 is 1.05 bits per heavy atom. The molecule has 4 aromatic rings. The zero-order valence-corrected chi connectivity index (χ0v) is 21.8. The Hall–Kier alpha value is -3.64. The van der Waals surface area contributed by atoms with Crippen LogP contribution in [0.4, 0.5) is 5.69 Å². The van der Waals surface area contributed by atoms with Crippen LogP contribution < -0.4 is 4.90 Å². The smallest absolute Gasteiger partial charge is 0.243 e. The van der Waals surface area contributed by atoms with Crippen LogP contribution >= 0.6 is 12.4 Å². The molecule has 1 aliphatic rings. The normalized spacial score (nSPS) is 15.0. The van der Waals surface area contributed by atoms with Gasteiger partial charge in [0.05, 0.1) is 35.1 Å². The largest absolute Gasteiger partial charge is 0.364 e. The van der Waals surface area contributed by atoms with Crippen LogP contribution in [0.1, 0.15) is 22.4 Å². The Morgan fingerprint density at radius 2 is 1.78 bits per heavy atom. The first-order valence-electron chi connectivity index (χ1n) is 11.9. The second-order valence-electron chi connectivity index (χ2n) is 8.92. The molecule has 1 N–H and O–H groups in total. The molecular formula is C28H28ClN5O2S. The van der Waals surface area contributed by atoms with Crippen molar-refractivity contribution < 1.29 is 8.42 Å². The van der Waals surface area contributed by atoms with Crippen molar-refractivity contribution in [3.63, 3.8) is 0 Å². The lowest BCUT2D eigenvalue weighted by atomic mass is 9.95. The van der Waals surface area contributed by atoms with Crippen LogP contribution in [-0.4, -0.2) is 41.8 Å². The second-order valence-corrected chi connectivity index (χ2v) is 10.8. The highest BCUT2D eigenvalue weighted by Gasteiger charge is 2.36. The number of H-pyrrole nitrogens is 1. The monoisotopic (exact) mass is 533 g/mol. The topological polar surface area (TPSA) is 93.1 Å². The van der Waals surface area contributed by atoms with Gasteiger partial charge in [-0.15, -0.1) is 12.4 Å². The van der Waals surface area contributed by atoms with E-state index in [2.05, 4.69) is 20.9 Å². The molecule has 5 rings (SSSR count). The number of nitriles is 1. The van der Waals surface area contributed by atoms with Crippen molar-refractivity contribution in [3.8, 4) is 6.07 Å². The van der Waals surface area contributed by atoms with Crippen molar-refractivity contribution in [1.29, 1.82) is 5.26 Å². The van der Waals surface area contributed by atoms with Gasteiger partial charge in [0.25, 0.3) is 0 Å². The number of imidazole rings is 1. The molecular weight excluding hydrogens is 506 g/mol. The molecule has 190 valence electrons. The van der Waals surface area contributed by atoms with Gasteiger partial charge < -0.3 is 9.88 Å². The van der Waals surface area contributed by atoms with Crippen molar-refractivity contribution >= 4 is 28.1 Å². The summed E-state index contributed by atoms with van der Waals surface area (Å²) in [6.45, 7) is 1.42. The fraction of sp³-hybridized carbons (Fsp3) is 0.214. The van der Waals surface area contributed by atoms with Crippen LogP contribution in [0, 0.1) is 11.3 Å². The summed E-state index contributed by atoms with van der Waals surface area (Å²) in [5.74, 6) is 0. The first-order chi connectivity index (χ1) is 17.5. The number of hydrogen-bond donors (Lipinski definition) is 1. The molecule has 0 saturated heterocycles. The van der Waals surface area contributed by atoms with Gasteiger partial charge in [-0.1, -0.05) is 48.5 Å². The molecule has 1 aromatic heterocycles. The highest BCUT2D eigenvalue weighted by molar-refractivity contribution is 7.89. The van der Waals surface area contributed by atoms with Gasteiger partial charge in [-0.3, -0.25) is 0 Å². The molecule has 0 saturated carbocycles. The summed E-state index contributed by atoms with van der Waals surface area (Å²) >= 11 is 0. The third-order valence-electron chi connectivity index (χ3n) is 6.56. The standard InChI is InChI=1S/C28H27N5O2S.ClH/c29-17-23-11-12-28-24(15-23)16-26(20-32(28)19-25-18-30-21-31-25)33(14-13-22-7-3-1-4-8-22)36(34,35)27-9-5-2-6-10-27;/h1-12,15,18,21,26H,13-14,16,19-20H2,(H,30,31);1H. The summed E-state index contributed by atoms with van der Waals surface area (Å²) in [5, 5.41) is 9.49. The van der Waals surface area contributed by atoms with E-state index >= 15 is 0 Å². The van der Waals surface area contributed by atoms with Crippen molar-refractivity contribution in [2.24, 2.45) is 0 Å². The van der Waals surface area contributed by atoms with Crippen LogP contribution in [0.15, 0.2) is 96.3 Å². The Bertz CT molecular complexity index is 1460. The van der Waals surface area contributed by atoms with Crippen molar-refractivity contribution in [1.82, 2.24) is 14.3 Å². The van der Waals surface area contributed by atoms with E-state index in [0.717, 1.165) is 22.5 Å². The molecule has 37 heavy (non-hydrogen) atoms. The maximum atomic E-state index is 13.9. The van der Waals surface area contributed by atoms with E-state index in [4.69, 9.17) is 0 Å². The van der Waals surface area contributed by atoms with Gasteiger partial charge in [-0.2, -0.15) is 9.57 Å². The lowest BCUT2D eigenvalue weighted by Gasteiger charge is -2.40. The molecule has 9 heteroatoms. The number of benzene rings is 3. The number of aromatic nitrogens is 2. The number of rotatable bonds is 8. The average molecular weight is 534 g/mol. The van der Waals surface area contributed by atoms with Crippen LogP contribution in [-0.2, 0) is 29.4 Å². The summed E-state index contributed by atoms with van der Waals surface area (Å²) in [6, 6.07) is 26.1. The van der Waals surface area contributed by atoms with Gasteiger partial charge in [0, 0.05) is 31.0 Å². The lowest BCUT2D eigenvalue weighted by molar-refractivity contribution is 0.311. The van der Waals surface area contributed by atoms with E-state index in [1.54, 1.807) is 34.9 Å². The first kappa shape index (κ1) is 26.4. The van der Waals surface area contributed by atoms with E-state index in [1.165, 1.54) is 0 Å². The van der Waals surface area contributed by atoms with Crippen molar-refractivity contribution in [2.45, 2.75) is 30.3 Å². The lowest BCUT2D eigenvalue weighted by Crippen LogP contribution is -2.51. The molecule has 7 nitrogen and oxygen atoms in total. The van der Waals surface area contributed by atoms with Crippen LogP contribution in [0.3, 0.4) is 0 Å². The minimum absolute atomic E-state index is 0. The van der Waals surface area contributed by atoms with Gasteiger partial charge in [0.2, 0.25) is 10.0 Å². The summed E-state index contributed by atoms with van der Waals surface area (Å²) in [6.07, 6.45) is 4.62. The molecule has 1 aliphatic heterocycles. The first-order valence-corrected chi connectivity index (χ1v) is 13.3. The van der Waals surface area contributed by atoms with E-state index in [-0.39, 0.29) is 23.3 Å². The predicted molar refractivity (Wildman–Crippen MR) is 146 cm³/mol. The Balaban J connectivity index is 0.00000320. The third kappa shape index (κ3) is 5.86. The minimum Gasteiger partial charge on any atom is -0.364 e. The van der Waals surface area contributed by atoms with E-state index in [0.29, 0.717) is 38.0 Å². The molecule has 0 radical (unpaired) electrons. The van der Waals surface area contributed by atoms with Crippen LogP contribution in [0.5, 0.6) is 0 Å². The minimum atomic E-state index is -3.75. The second kappa shape index (κ2) is 11.6. The quantitative estimate of drug-likeness (QED) is 0.358. The van der Waals surface area contributed by atoms with Gasteiger partial charge in [0.1, 0.15) is 0 Å². The zero-order chi connectivity index (χ0) is 25.0. The molecule has 0 bridgehead atoms. The molecule has 0 amide bonds. The van der Waals surface area contributed by atoms with E-state index < -0.39 is 10.0 Å². The maximum absolute atomic E-state index is 13.9. The molecule has 0 aliphatic carbocycles. The summed E-state index contributed by atoms with van der Waals surface area (Å²) < 4.78 is 29.5. The number of sulfonamides is 1. The van der Waals surface area contributed by atoms with E-state index in [1.807, 2.05) is 60.8 Å². The number of fused-ring (bicyclic) bond motifs is 1. The number of halogens is 1. The zero-order valence-electron chi connectivity index (χ0n) is 20.2. The molecule has 1 atom stereocenters. The molecule has 1 unspecified atom stereocenters. The Labute approximate surface area is 223 Å². The molecule has 0 fully saturated rings. The number of hydrogen-bond acceptors (Lipinski definition) is 5. The predicted octanol–water partition coefficient (Wildman–Crippen LogP) is 4.57.